The Morgan fingerprint density at radius 2 is 1.90 bits per heavy atom. The van der Waals surface area contributed by atoms with Gasteiger partial charge in [0.2, 0.25) is 0 Å². The highest BCUT2D eigenvalue weighted by Gasteiger charge is 2.36. The molecule has 29 heavy (non-hydrogen) atoms. The number of amides is 1. The summed E-state index contributed by atoms with van der Waals surface area (Å²) in [4.78, 5) is 20.5. The van der Waals surface area contributed by atoms with Crippen molar-refractivity contribution < 1.29 is 4.79 Å². The van der Waals surface area contributed by atoms with Crippen LogP contribution < -0.4 is 5.73 Å². The van der Waals surface area contributed by atoms with Crippen molar-refractivity contribution in [3.05, 3.63) is 77.0 Å². The zero-order valence-electron chi connectivity index (χ0n) is 16.8. The largest absolute Gasteiger partial charge is 0.338 e. The number of rotatable bonds is 4. The third-order valence-electron chi connectivity index (χ3n) is 6.47. The molecule has 1 aliphatic heterocycles. The van der Waals surface area contributed by atoms with E-state index in [0.717, 1.165) is 34.3 Å². The predicted molar refractivity (Wildman–Crippen MR) is 116 cm³/mol. The molecule has 0 unspecified atom stereocenters. The molecule has 2 N–H and O–H groups in total. The van der Waals surface area contributed by atoms with E-state index in [4.69, 9.17) is 10.7 Å². The molecule has 3 aromatic rings. The molecule has 4 heteroatoms. The van der Waals surface area contributed by atoms with Crippen LogP contribution in [-0.4, -0.2) is 35.4 Å². The van der Waals surface area contributed by atoms with Crippen LogP contribution in [0.1, 0.15) is 51.9 Å². The van der Waals surface area contributed by atoms with Gasteiger partial charge in [-0.1, -0.05) is 42.0 Å². The van der Waals surface area contributed by atoms with E-state index < -0.39 is 0 Å². The molecule has 148 valence electrons. The van der Waals surface area contributed by atoms with Crippen LogP contribution in [0.5, 0.6) is 0 Å². The maximum atomic E-state index is 13.7. The van der Waals surface area contributed by atoms with Gasteiger partial charge in [-0.05, 0) is 56.0 Å². The van der Waals surface area contributed by atoms with E-state index in [1.807, 2.05) is 17.0 Å². The predicted octanol–water partition coefficient (Wildman–Crippen LogP) is 4.24. The van der Waals surface area contributed by atoms with Gasteiger partial charge >= 0.3 is 0 Å². The van der Waals surface area contributed by atoms with E-state index in [1.54, 1.807) is 0 Å². The molecule has 5 rings (SSSR count). The molecule has 2 heterocycles. The number of carbonyl (C=O) groups excluding carboxylic acids is 1. The van der Waals surface area contributed by atoms with E-state index in [2.05, 4.69) is 49.4 Å². The van der Waals surface area contributed by atoms with Gasteiger partial charge in [-0.3, -0.25) is 9.78 Å². The molecular weight excluding hydrogens is 358 g/mol. The highest BCUT2D eigenvalue weighted by Crippen LogP contribution is 2.41. The van der Waals surface area contributed by atoms with Crippen molar-refractivity contribution in [2.24, 2.45) is 11.7 Å². The molecule has 0 radical (unpaired) electrons. The maximum Gasteiger partial charge on any atom is 0.254 e. The zero-order valence-corrected chi connectivity index (χ0v) is 16.8. The summed E-state index contributed by atoms with van der Waals surface area (Å²) in [7, 11) is 0. The number of nitrogens with two attached hydrogens (primary N) is 1. The van der Waals surface area contributed by atoms with Gasteiger partial charge in [-0.15, -0.1) is 0 Å². The van der Waals surface area contributed by atoms with E-state index in [1.165, 1.54) is 18.4 Å². The third-order valence-corrected chi connectivity index (χ3v) is 6.47. The monoisotopic (exact) mass is 385 g/mol. The number of pyridine rings is 1. The average Bonchev–Trinajstić information content (AvgIpc) is 3.51. The van der Waals surface area contributed by atoms with Crippen LogP contribution in [0, 0.1) is 12.8 Å². The van der Waals surface area contributed by atoms with Crippen molar-refractivity contribution in [2.45, 2.75) is 31.6 Å². The zero-order chi connectivity index (χ0) is 20.0. The first-order valence-electron chi connectivity index (χ1n) is 10.6. The second-order valence-corrected chi connectivity index (χ2v) is 8.61. The van der Waals surface area contributed by atoms with Crippen LogP contribution in [0.2, 0.25) is 0 Å². The number of carbonyl (C=O) groups is 1. The normalized spacial score (nSPS) is 21.7. The molecule has 2 atom stereocenters. The van der Waals surface area contributed by atoms with Crippen LogP contribution in [0.3, 0.4) is 0 Å². The molecule has 2 fully saturated rings. The average molecular weight is 386 g/mol. The van der Waals surface area contributed by atoms with Gasteiger partial charge in [-0.25, -0.2) is 0 Å². The van der Waals surface area contributed by atoms with Gasteiger partial charge < -0.3 is 10.6 Å². The summed E-state index contributed by atoms with van der Waals surface area (Å²) >= 11 is 0. The summed E-state index contributed by atoms with van der Waals surface area (Å²) in [5, 5.41) is 0.965. The van der Waals surface area contributed by atoms with Crippen molar-refractivity contribution in [1.82, 2.24) is 9.88 Å². The summed E-state index contributed by atoms with van der Waals surface area (Å²) < 4.78 is 0. The van der Waals surface area contributed by atoms with Crippen molar-refractivity contribution in [3.63, 3.8) is 0 Å². The molecule has 1 saturated carbocycles. The molecule has 1 aromatic heterocycles. The van der Waals surface area contributed by atoms with Crippen LogP contribution in [0.4, 0.5) is 0 Å². The first kappa shape index (κ1) is 18.3. The Hall–Kier alpha value is -2.72. The van der Waals surface area contributed by atoms with E-state index in [-0.39, 0.29) is 5.91 Å². The van der Waals surface area contributed by atoms with Gasteiger partial charge in [0.05, 0.1) is 11.1 Å². The third kappa shape index (κ3) is 3.42. The molecule has 1 aliphatic carbocycles. The van der Waals surface area contributed by atoms with Gasteiger partial charge in [0.1, 0.15) is 0 Å². The number of hydrogen-bond donors (Lipinski definition) is 1. The van der Waals surface area contributed by atoms with Crippen molar-refractivity contribution >= 4 is 16.8 Å². The Morgan fingerprint density at radius 1 is 1.10 bits per heavy atom. The summed E-state index contributed by atoms with van der Waals surface area (Å²) in [5.74, 6) is 1.21. The molecular formula is C25H27N3O. The second-order valence-electron chi connectivity index (χ2n) is 8.61. The lowest BCUT2D eigenvalue weighted by Gasteiger charge is -2.19. The number of hydrogen-bond acceptors (Lipinski definition) is 3. The van der Waals surface area contributed by atoms with E-state index >= 15 is 0 Å². The number of benzene rings is 2. The number of nitrogens with zero attached hydrogens (tertiary/aromatic N) is 2. The lowest BCUT2D eigenvalue weighted by molar-refractivity contribution is 0.0788. The SMILES string of the molecule is Cc1ccc2nc(C3CC3)cc(C(=O)N3C[C@@H](CN)[C@H](c4ccccc4)C3)c2c1. The Morgan fingerprint density at radius 3 is 2.62 bits per heavy atom. The summed E-state index contributed by atoms with van der Waals surface area (Å²) in [6.07, 6.45) is 2.35. The number of likely N-dealkylation sites (tertiary alicyclic amines) is 1. The molecule has 0 bridgehead atoms. The molecule has 1 amide bonds. The van der Waals surface area contributed by atoms with Crippen LogP contribution in [0.25, 0.3) is 10.9 Å². The maximum absolute atomic E-state index is 13.7. The lowest BCUT2D eigenvalue weighted by Crippen LogP contribution is -2.30. The fourth-order valence-corrected chi connectivity index (χ4v) is 4.65. The lowest BCUT2D eigenvalue weighted by atomic mass is 9.89. The smallest absolute Gasteiger partial charge is 0.254 e. The Balaban J connectivity index is 1.52. The van der Waals surface area contributed by atoms with Crippen molar-refractivity contribution in [2.75, 3.05) is 19.6 Å². The molecule has 2 aliphatic rings. The fraction of sp³-hybridized carbons (Fsp3) is 0.360. The van der Waals surface area contributed by atoms with Gasteiger partial charge in [0, 0.05) is 36.0 Å². The Bertz CT molecular complexity index is 1060. The first-order valence-corrected chi connectivity index (χ1v) is 10.6. The highest BCUT2D eigenvalue weighted by molar-refractivity contribution is 6.06. The van der Waals surface area contributed by atoms with Crippen LogP contribution in [0.15, 0.2) is 54.6 Å². The summed E-state index contributed by atoms with van der Waals surface area (Å²) in [6.45, 7) is 4.09. The first-order chi connectivity index (χ1) is 14.1. The van der Waals surface area contributed by atoms with Crippen molar-refractivity contribution in [1.29, 1.82) is 0 Å². The Labute approximate surface area is 171 Å². The standard InChI is InChI=1S/C25H27N3O/c1-16-7-10-23-20(11-16)21(12-24(27-23)18-8-9-18)25(29)28-14-19(13-26)22(15-28)17-5-3-2-4-6-17/h2-7,10-12,18-19,22H,8-9,13-15,26H2,1H3/t19-,22+/m1/s1. The summed E-state index contributed by atoms with van der Waals surface area (Å²) in [5.41, 5.74) is 11.3. The van der Waals surface area contributed by atoms with E-state index in [9.17, 15) is 4.79 Å². The van der Waals surface area contributed by atoms with Gasteiger partial charge in [-0.2, -0.15) is 0 Å². The minimum Gasteiger partial charge on any atom is -0.338 e. The minimum atomic E-state index is 0.113. The highest BCUT2D eigenvalue weighted by atomic mass is 16.2. The molecule has 4 nitrogen and oxygen atoms in total. The minimum absolute atomic E-state index is 0.113. The molecule has 0 spiro atoms. The summed E-state index contributed by atoms with van der Waals surface area (Å²) in [6, 6.07) is 18.7. The molecule has 1 saturated heterocycles. The Kier molecular flexibility index (Phi) is 4.59. The van der Waals surface area contributed by atoms with Crippen LogP contribution in [-0.2, 0) is 0 Å². The van der Waals surface area contributed by atoms with Gasteiger partial charge in [0.25, 0.3) is 5.91 Å². The molecule has 2 aromatic carbocycles. The van der Waals surface area contributed by atoms with Crippen molar-refractivity contribution in [3.8, 4) is 0 Å². The van der Waals surface area contributed by atoms with Crippen LogP contribution >= 0.6 is 0 Å². The topological polar surface area (TPSA) is 59.2 Å². The number of aryl methyl sites for hydroxylation is 1. The van der Waals surface area contributed by atoms with Gasteiger partial charge in [0.15, 0.2) is 0 Å². The number of fused-ring (bicyclic) bond motifs is 1. The second kappa shape index (κ2) is 7.27. The van der Waals surface area contributed by atoms with E-state index in [0.29, 0.717) is 30.8 Å². The quantitative estimate of drug-likeness (QED) is 0.731. The number of aromatic nitrogens is 1. The fourth-order valence-electron chi connectivity index (χ4n) is 4.65.